The van der Waals surface area contributed by atoms with Crippen LogP contribution in [-0.2, 0) is 23.9 Å². The number of hydrogen-bond acceptors (Lipinski definition) is 6. The number of amides is 3. The Bertz CT molecular complexity index is 922. The number of nitrogens with one attached hydrogen (secondary N) is 1. The fourth-order valence-corrected chi connectivity index (χ4v) is 4.45. The molecule has 3 aliphatic rings. The lowest BCUT2D eigenvalue weighted by molar-refractivity contribution is -0.154. The summed E-state index contributed by atoms with van der Waals surface area (Å²) in [6.45, 7) is 0.371. The second-order valence-corrected chi connectivity index (χ2v) is 7.61. The Labute approximate surface area is 166 Å². The molecule has 8 nitrogen and oxygen atoms in total. The van der Waals surface area contributed by atoms with Gasteiger partial charge in [-0.3, -0.25) is 28.9 Å². The van der Waals surface area contributed by atoms with Crippen LogP contribution in [0.2, 0.25) is 0 Å². The van der Waals surface area contributed by atoms with Crippen molar-refractivity contribution in [3.05, 3.63) is 42.0 Å². The summed E-state index contributed by atoms with van der Waals surface area (Å²) in [5.74, 6) is -2.82. The number of esters is 1. The van der Waals surface area contributed by atoms with Gasteiger partial charge in [0.1, 0.15) is 6.54 Å². The third-order valence-corrected chi connectivity index (χ3v) is 5.77. The summed E-state index contributed by atoms with van der Waals surface area (Å²) in [4.78, 5) is 61.5. The molecular weight excluding hydrogens is 376 g/mol. The van der Waals surface area contributed by atoms with E-state index in [1.807, 2.05) is 12.2 Å². The molecule has 1 N–H and O–H groups in total. The lowest BCUT2D eigenvalue weighted by atomic mass is 9.85. The van der Waals surface area contributed by atoms with Gasteiger partial charge in [-0.15, -0.1) is 0 Å². The Morgan fingerprint density at radius 3 is 2.38 bits per heavy atom. The Hall–Kier alpha value is -3.29. The molecule has 29 heavy (non-hydrogen) atoms. The molecule has 1 heterocycles. The second-order valence-electron chi connectivity index (χ2n) is 7.61. The third kappa shape index (κ3) is 3.46. The average Bonchev–Trinajstić information content (AvgIpc) is 3.37. The van der Waals surface area contributed by atoms with Crippen LogP contribution in [0.1, 0.15) is 23.7 Å². The van der Waals surface area contributed by atoms with Crippen molar-refractivity contribution in [2.75, 3.05) is 18.5 Å². The van der Waals surface area contributed by atoms with E-state index in [4.69, 9.17) is 4.74 Å². The first-order valence-corrected chi connectivity index (χ1v) is 9.45. The number of carbonyl (C=O) groups is 5. The Morgan fingerprint density at radius 1 is 1.10 bits per heavy atom. The molecule has 0 unspecified atom stereocenters. The topological polar surface area (TPSA) is 110 Å². The number of imide groups is 1. The maximum absolute atomic E-state index is 12.5. The highest BCUT2D eigenvalue weighted by molar-refractivity contribution is 6.08. The van der Waals surface area contributed by atoms with Crippen LogP contribution in [0.25, 0.3) is 0 Å². The van der Waals surface area contributed by atoms with Crippen molar-refractivity contribution in [1.29, 1.82) is 0 Å². The first-order chi connectivity index (χ1) is 13.8. The SMILES string of the molecule is CC(=O)c1cccc(NC(=O)COC(=O)CN2C(=O)[C@@H]3[C@@H](C2=O)[C@H]2C=C[C@H]3C2)c1. The fourth-order valence-electron chi connectivity index (χ4n) is 4.45. The number of nitrogens with zero attached hydrogens (tertiary/aromatic N) is 1. The van der Waals surface area contributed by atoms with Crippen molar-refractivity contribution >= 4 is 35.2 Å². The normalized spacial score (nSPS) is 26.6. The highest BCUT2D eigenvalue weighted by Crippen LogP contribution is 2.52. The average molecular weight is 396 g/mol. The maximum Gasteiger partial charge on any atom is 0.326 e. The molecule has 1 aromatic carbocycles. The van der Waals surface area contributed by atoms with Gasteiger partial charge < -0.3 is 10.1 Å². The van der Waals surface area contributed by atoms with E-state index in [0.717, 1.165) is 11.3 Å². The van der Waals surface area contributed by atoms with Crippen LogP contribution < -0.4 is 5.32 Å². The van der Waals surface area contributed by atoms with Crippen LogP contribution in [-0.4, -0.2) is 47.5 Å². The van der Waals surface area contributed by atoms with Crippen molar-refractivity contribution in [2.24, 2.45) is 23.7 Å². The van der Waals surface area contributed by atoms with Gasteiger partial charge in [-0.2, -0.15) is 0 Å². The molecule has 0 aromatic heterocycles. The standard InChI is InChI=1S/C21H20N2O6/c1-11(24)12-3-2-4-15(8-12)22-16(25)10-29-17(26)9-23-20(27)18-13-5-6-14(7-13)19(18)21(23)28/h2-6,8,13-14,18-19H,7,9-10H2,1H3,(H,22,25)/t13-,14-,18-,19-/m0/s1. The second kappa shape index (κ2) is 7.27. The lowest BCUT2D eigenvalue weighted by Gasteiger charge is -2.16. The Morgan fingerprint density at radius 2 is 1.76 bits per heavy atom. The molecule has 1 aliphatic heterocycles. The molecule has 4 rings (SSSR count). The molecule has 1 saturated heterocycles. The maximum atomic E-state index is 12.5. The molecule has 4 atom stereocenters. The van der Waals surface area contributed by atoms with Gasteiger partial charge in [0.15, 0.2) is 12.4 Å². The van der Waals surface area contributed by atoms with E-state index < -0.39 is 25.0 Å². The van der Waals surface area contributed by atoms with Gasteiger partial charge in [0, 0.05) is 11.3 Å². The summed E-state index contributed by atoms with van der Waals surface area (Å²) in [6.07, 6.45) is 4.77. The van der Waals surface area contributed by atoms with E-state index in [2.05, 4.69) is 5.32 Å². The number of fused-ring (bicyclic) bond motifs is 5. The number of benzene rings is 1. The first-order valence-electron chi connectivity index (χ1n) is 9.45. The minimum atomic E-state index is -0.820. The zero-order valence-corrected chi connectivity index (χ0v) is 15.8. The van der Waals surface area contributed by atoms with Crippen LogP contribution >= 0.6 is 0 Å². The highest BCUT2D eigenvalue weighted by Gasteiger charge is 2.59. The summed E-state index contributed by atoms with van der Waals surface area (Å²) in [5, 5.41) is 2.53. The molecule has 8 heteroatoms. The number of Topliss-reactive ketones (excluding diaryl/α,β-unsaturated/α-hetero) is 1. The van der Waals surface area contributed by atoms with E-state index in [1.165, 1.54) is 13.0 Å². The van der Waals surface area contributed by atoms with Crippen molar-refractivity contribution in [2.45, 2.75) is 13.3 Å². The minimum Gasteiger partial charge on any atom is -0.454 e. The van der Waals surface area contributed by atoms with Crippen LogP contribution in [0.4, 0.5) is 5.69 Å². The van der Waals surface area contributed by atoms with E-state index in [-0.39, 0.29) is 41.3 Å². The molecule has 2 aliphatic carbocycles. The lowest BCUT2D eigenvalue weighted by Crippen LogP contribution is -2.38. The minimum absolute atomic E-state index is 0.0685. The fraction of sp³-hybridized carbons (Fsp3) is 0.381. The Balaban J connectivity index is 1.29. The smallest absolute Gasteiger partial charge is 0.326 e. The largest absolute Gasteiger partial charge is 0.454 e. The van der Waals surface area contributed by atoms with Gasteiger partial charge in [-0.25, -0.2) is 0 Å². The molecule has 3 amide bonds. The van der Waals surface area contributed by atoms with Crippen molar-refractivity contribution in [3.63, 3.8) is 0 Å². The van der Waals surface area contributed by atoms with Crippen molar-refractivity contribution in [1.82, 2.24) is 4.90 Å². The number of allylic oxidation sites excluding steroid dienone is 2. The Kier molecular flexibility index (Phi) is 4.77. The third-order valence-electron chi connectivity index (χ3n) is 5.77. The quantitative estimate of drug-likeness (QED) is 0.335. The number of hydrogen-bond donors (Lipinski definition) is 1. The van der Waals surface area contributed by atoms with Gasteiger partial charge in [-0.1, -0.05) is 24.3 Å². The zero-order valence-electron chi connectivity index (χ0n) is 15.8. The van der Waals surface area contributed by atoms with Crippen molar-refractivity contribution in [3.8, 4) is 0 Å². The van der Waals surface area contributed by atoms with E-state index in [0.29, 0.717) is 11.3 Å². The molecule has 2 fully saturated rings. The van der Waals surface area contributed by atoms with E-state index in [9.17, 15) is 24.0 Å². The summed E-state index contributed by atoms with van der Waals surface area (Å²) >= 11 is 0. The van der Waals surface area contributed by atoms with Gasteiger partial charge >= 0.3 is 5.97 Å². The predicted octanol–water partition coefficient (Wildman–Crippen LogP) is 1.18. The molecule has 1 saturated carbocycles. The first kappa shape index (κ1) is 19.0. The number of likely N-dealkylation sites (tertiary alicyclic amines) is 1. The molecular formula is C21H20N2O6. The van der Waals surface area contributed by atoms with Gasteiger partial charge in [0.25, 0.3) is 5.91 Å². The number of carbonyl (C=O) groups excluding carboxylic acids is 5. The number of anilines is 1. The summed E-state index contributed by atoms with van der Waals surface area (Å²) in [7, 11) is 0. The van der Waals surface area contributed by atoms with E-state index >= 15 is 0 Å². The predicted molar refractivity (Wildman–Crippen MR) is 100 cm³/mol. The monoisotopic (exact) mass is 396 g/mol. The number of ether oxygens (including phenoxy) is 1. The van der Waals surface area contributed by atoms with Crippen LogP contribution in [0.15, 0.2) is 36.4 Å². The molecule has 2 bridgehead atoms. The summed E-state index contributed by atoms with van der Waals surface area (Å²) < 4.78 is 4.92. The van der Waals surface area contributed by atoms with Gasteiger partial charge in [0.2, 0.25) is 11.8 Å². The summed E-state index contributed by atoms with van der Waals surface area (Å²) in [5.41, 5.74) is 0.847. The van der Waals surface area contributed by atoms with Crippen LogP contribution in [0, 0.1) is 23.7 Å². The van der Waals surface area contributed by atoms with Crippen molar-refractivity contribution < 1.29 is 28.7 Å². The zero-order chi connectivity index (χ0) is 20.7. The molecule has 0 spiro atoms. The summed E-state index contributed by atoms with van der Waals surface area (Å²) in [6, 6.07) is 6.38. The van der Waals surface area contributed by atoms with Crippen LogP contribution in [0.3, 0.4) is 0 Å². The molecule has 150 valence electrons. The van der Waals surface area contributed by atoms with E-state index in [1.54, 1.807) is 18.2 Å². The number of rotatable bonds is 6. The van der Waals surface area contributed by atoms with Crippen LogP contribution in [0.5, 0.6) is 0 Å². The van der Waals surface area contributed by atoms with Gasteiger partial charge in [0.05, 0.1) is 11.8 Å². The number of ketones is 1. The highest BCUT2D eigenvalue weighted by atomic mass is 16.5. The molecule has 1 aromatic rings. The van der Waals surface area contributed by atoms with Gasteiger partial charge in [-0.05, 0) is 37.3 Å². The molecule has 0 radical (unpaired) electrons.